The fraction of sp³-hybridized carbons (Fsp3) is 0.267. The van der Waals surface area contributed by atoms with E-state index in [2.05, 4.69) is 21.2 Å². The molecule has 1 aromatic heterocycles. The van der Waals surface area contributed by atoms with E-state index >= 15 is 0 Å². The van der Waals surface area contributed by atoms with Crippen LogP contribution in [0.1, 0.15) is 5.56 Å². The molecule has 1 N–H and O–H groups in total. The smallest absolute Gasteiger partial charge is 0.250 e. The standard InChI is InChI=1S/C15H16BrFN2O2/c1-21-7-6-19-10-13(3-5-15(19)20)18-9-11-8-12(16)2-4-14(11)17/h2-5,8,10,18H,6-7,9H2,1H3. The van der Waals surface area contributed by atoms with E-state index in [0.717, 1.165) is 10.2 Å². The van der Waals surface area contributed by atoms with Gasteiger partial charge >= 0.3 is 0 Å². The molecular formula is C15H16BrFN2O2. The number of ether oxygens (including phenoxy) is 1. The van der Waals surface area contributed by atoms with E-state index < -0.39 is 0 Å². The van der Waals surface area contributed by atoms with Crippen molar-refractivity contribution < 1.29 is 9.13 Å². The highest BCUT2D eigenvalue weighted by Gasteiger charge is 2.04. The van der Waals surface area contributed by atoms with Gasteiger partial charge in [0.05, 0.1) is 12.3 Å². The number of rotatable bonds is 6. The lowest BCUT2D eigenvalue weighted by atomic mass is 10.2. The Balaban J connectivity index is 2.09. The Morgan fingerprint density at radius 1 is 1.33 bits per heavy atom. The van der Waals surface area contributed by atoms with Gasteiger partial charge in [0.25, 0.3) is 5.56 Å². The quantitative estimate of drug-likeness (QED) is 0.866. The molecule has 0 unspecified atom stereocenters. The zero-order chi connectivity index (χ0) is 15.2. The number of anilines is 1. The molecule has 2 aromatic rings. The largest absolute Gasteiger partial charge is 0.383 e. The highest BCUT2D eigenvalue weighted by molar-refractivity contribution is 9.10. The van der Waals surface area contributed by atoms with Crippen LogP contribution < -0.4 is 10.9 Å². The predicted molar refractivity (Wildman–Crippen MR) is 84.0 cm³/mol. The summed E-state index contributed by atoms with van der Waals surface area (Å²) in [5.41, 5.74) is 1.22. The molecule has 0 saturated heterocycles. The second-order valence-electron chi connectivity index (χ2n) is 4.53. The molecule has 0 amide bonds. The third-order valence-electron chi connectivity index (χ3n) is 3.01. The maximum Gasteiger partial charge on any atom is 0.250 e. The maximum absolute atomic E-state index is 13.6. The van der Waals surface area contributed by atoms with Crippen molar-refractivity contribution in [3.8, 4) is 0 Å². The number of pyridine rings is 1. The molecular weight excluding hydrogens is 339 g/mol. The lowest BCUT2D eigenvalue weighted by Gasteiger charge is -2.11. The van der Waals surface area contributed by atoms with Gasteiger partial charge in [0.15, 0.2) is 0 Å². The first-order valence-corrected chi connectivity index (χ1v) is 7.26. The number of methoxy groups -OCH3 is 1. The van der Waals surface area contributed by atoms with Crippen molar-refractivity contribution in [2.75, 3.05) is 19.0 Å². The summed E-state index contributed by atoms with van der Waals surface area (Å²) >= 11 is 3.32. The van der Waals surface area contributed by atoms with Gasteiger partial charge in [-0.05, 0) is 24.3 Å². The fourth-order valence-electron chi connectivity index (χ4n) is 1.88. The molecule has 0 spiro atoms. The van der Waals surface area contributed by atoms with Crippen LogP contribution in [0.5, 0.6) is 0 Å². The third-order valence-corrected chi connectivity index (χ3v) is 3.50. The summed E-state index contributed by atoms with van der Waals surface area (Å²) in [4.78, 5) is 11.7. The molecule has 0 aliphatic heterocycles. The number of halogens is 2. The van der Waals surface area contributed by atoms with Crippen molar-refractivity contribution in [2.24, 2.45) is 0 Å². The van der Waals surface area contributed by atoms with Crippen LogP contribution in [0.25, 0.3) is 0 Å². The summed E-state index contributed by atoms with van der Waals surface area (Å²) in [5.74, 6) is -0.265. The van der Waals surface area contributed by atoms with Crippen LogP contribution in [0, 0.1) is 5.82 Å². The van der Waals surface area contributed by atoms with Gasteiger partial charge in [-0.3, -0.25) is 4.79 Å². The van der Waals surface area contributed by atoms with Gasteiger partial charge in [0.1, 0.15) is 5.82 Å². The molecule has 0 atom stereocenters. The summed E-state index contributed by atoms with van der Waals surface area (Å²) in [5, 5.41) is 3.11. The summed E-state index contributed by atoms with van der Waals surface area (Å²) in [6.45, 7) is 1.29. The van der Waals surface area contributed by atoms with Gasteiger partial charge in [-0.1, -0.05) is 15.9 Å². The summed E-state index contributed by atoms with van der Waals surface area (Å²) in [6.07, 6.45) is 1.71. The third kappa shape index (κ3) is 4.41. The van der Waals surface area contributed by atoms with Gasteiger partial charge in [-0.2, -0.15) is 0 Å². The number of hydrogen-bond acceptors (Lipinski definition) is 3. The first kappa shape index (κ1) is 15.7. The molecule has 1 heterocycles. The lowest BCUT2D eigenvalue weighted by molar-refractivity contribution is 0.186. The second-order valence-corrected chi connectivity index (χ2v) is 5.45. The second kappa shape index (κ2) is 7.38. The van der Waals surface area contributed by atoms with E-state index in [-0.39, 0.29) is 11.4 Å². The molecule has 0 fully saturated rings. The summed E-state index contributed by atoms with van der Waals surface area (Å²) < 4.78 is 21.0. The molecule has 2 rings (SSSR count). The monoisotopic (exact) mass is 354 g/mol. The van der Waals surface area contributed by atoms with E-state index in [1.165, 1.54) is 12.1 Å². The van der Waals surface area contributed by atoms with E-state index in [0.29, 0.717) is 25.3 Å². The van der Waals surface area contributed by atoms with Gasteiger partial charge in [0.2, 0.25) is 0 Å². The fourth-order valence-corrected chi connectivity index (χ4v) is 2.28. The number of nitrogens with one attached hydrogen (secondary N) is 1. The normalized spacial score (nSPS) is 10.6. The van der Waals surface area contributed by atoms with Crippen LogP contribution in [0.15, 0.2) is 45.8 Å². The SMILES string of the molecule is COCCn1cc(NCc2cc(Br)ccc2F)ccc1=O. The van der Waals surface area contributed by atoms with Gasteiger partial charge in [0, 0.05) is 42.5 Å². The van der Waals surface area contributed by atoms with E-state index in [1.807, 2.05) is 0 Å². The Kier molecular flexibility index (Phi) is 5.52. The van der Waals surface area contributed by atoms with E-state index in [9.17, 15) is 9.18 Å². The molecule has 0 aliphatic carbocycles. The van der Waals surface area contributed by atoms with Crippen molar-refractivity contribution in [1.29, 1.82) is 0 Å². The average molecular weight is 355 g/mol. The molecule has 0 bridgehead atoms. The molecule has 0 saturated carbocycles. The zero-order valence-electron chi connectivity index (χ0n) is 11.6. The minimum absolute atomic E-state index is 0.0914. The molecule has 4 nitrogen and oxygen atoms in total. The van der Waals surface area contributed by atoms with Gasteiger partial charge < -0.3 is 14.6 Å². The Hall–Kier alpha value is -1.66. The zero-order valence-corrected chi connectivity index (χ0v) is 13.2. The van der Waals surface area contributed by atoms with Gasteiger partial charge in [-0.15, -0.1) is 0 Å². The maximum atomic E-state index is 13.6. The highest BCUT2D eigenvalue weighted by atomic mass is 79.9. The van der Waals surface area contributed by atoms with Crippen molar-refractivity contribution in [3.05, 3.63) is 62.7 Å². The van der Waals surface area contributed by atoms with Crippen LogP contribution in [-0.4, -0.2) is 18.3 Å². The van der Waals surface area contributed by atoms with Crippen LogP contribution in [0.3, 0.4) is 0 Å². The number of nitrogens with zero attached hydrogens (tertiary/aromatic N) is 1. The van der Waals surface area contributed by atoms with Crippen LogP contribution >= 0.6 is 15.9 Å². The Bertz CT molecular complexity index is 673. The molecule has 1 aromatic carbocycles. The molecule has 0 aliphatic rings. The molecule has 6 heteroatoms. The molecule has 112 valence electrons. The van der Waals surface area contributed by atoms with Crippen molar-refractivity contribution in [3.63, 3.8) is 0 Å². The Morgan fingerprint density at radius 3 is 2.90 bits per heavy atom. The van der Waals surface area contributed by atoms with Crippen molar-refractivity contribution in [1.82, 2.24) is 4.57 Å². The lowest BCUT2D eigenvalue weighted by Crippen LogP contribution is -2.21. The Labute approximate surface area is 130 Å². The Morgan fingerprint density at radius 2 is 2.14 bits per heavy atom. The topological polar surface area (TPSA) is 43.3 Å². The number of hydrogen-bond donors (Lipinski definition) is 1. The van der Waals surface area contributed by atoms with E-state index in [1.54, 1.807) is 36.1 Å². The van der Waals surface area contributed by atoms with Crippen LogP contribution in [-0.2, 0) is 17.8 Å². The first-order chi connectivity index (χ1) is 10.1. The predicted octanol–water partition coefficient (Wildman–Crippen LogP) is 3.01. The minimum Gasteiger partial charge on any atom is -0.383 e. The summed E-state index contributed by atoms with van der Waals surface area (Å²) in [7, 11) is 1.59. The van der Waals surface area contributed by atoms with Gasteiger partial charge in [-0.25, -0.2) is 4.39 Å². The minimum atomic E-state index is -0.265. The molecule has 21 heavy (non-hydrogen) atoms. The van der Waals surface area contributed by atoms with Crippen LogP contribution in [0.4, 0.5) is 10.1 Å². The van der Waals surface area contributed by atoms with Crippen LogP contribution in [0.2, 0.25) is 0 Å². The summed E-state index contributed by atoms with van der Waals surface area (Å²) in [6, 6.07) is 7.96. The molecule has 0 radical (unpaired) electrons. The van der Waals surface area contributed by atoms with Crippen molar-refractivity contribution in [2.45, 2.75) is 13.1 Å². The number of aromatic nitrogens is 1. The first-order valence-electron chi connectivity index (χ1n) is 6.47. The highest BCUT2D eigenvalue weighted by Crippen LogP contribution is 2.16. The number of benzene rings is 1. The average Bonchev–Trinajstić information content (AvgIpc) is 2.48. The van der Waals surface area contributed by atoms with E-state index in [4.69, 9.17) is 4.74 Å². The van der Waals surface area contributed by atoms with Crippen molar-refractivity contribution >= 4 is 21.6 Å².